The van der Waals surface area contributed by atoms with Gasteiger partial charge in [-0.05, 0) is 5.92 Å². The molecule has 1 atom stereocenters. The molecule has 0 heterocycles. The minimum Gasteiger partial charge on any atom is -0.480 e. The SMILES string of the molecule is COC(=O)CN(C)C(=O)NC(C(=O)O)C(C)C. The minimum atomic E-state index is -1.11. The first-order valence-corrected chi connectivity index (χ1v) is 5.10. The molecule has 0 aromatic rings. The zero-order chi connectivity index (χ0) is 13.6. The van der Waals surface area contributed by atoms with Crippen molar-refractivity contribution >= 4 is 18.0 Å². The van der Waals surface area contributed by atoms with E-state index in [1.165, 1.54) is 14.2 Å². The maximum absolute atomic E-state index is 11.6. The Morgan fingerprint density at radius 1 is 1.35 bits per heavy atom. The van der Waals surface area contributed by atoms with E-state index in [-0.39, 0.29) is 12.5 Å². The van der Waals surface area contributed by atoms with Crippen LogP contribution in [0.4, 0.5) is 4.79 Å². The predicted octanol–water partition coefficient (Wildman–Crippen LogP) is -0.0900. The van der Waals surface area contributed by atoms with Crippen LogP contribution in [0, 0.1) is 5.92 Å². The Kier molecular flexibility index (Phi) is 6.01. The Labute approximate surface area is 99.7 Å². The zero-order valence-corrected chi connectivity index (χ0v) is 10.4. The van der Waals surface area contributed by atoms with Gasteiger partial charge < -0.3 is 20.1 Å². The van der Waals surface area contributed by atoms with E-state index in [1.54, 1.807) is 13.8 Å². The van der Waals surface area contributed by atoms with Crippen molar-refractivity contribution < 1.29 is 24.2 Å². The number of ether oxygens (including phenoxy) is 1. The van der Waals surface area contributed by atoms with E-state index in [1.807, 2.05) is 0 Å². The summed E-state index contributed by atoms with van der Waals surface area (Å²) < 4.78 is 4.39. The van der Waals surface area contributed by atoms with E-state index < -0.39 is 24.0 Å². The normalized spacial score (nSPS) is 11.8. The van der Waals surface area contributed by atoms with Crippen LogP contribution in [0.15, 0.2) is 0 Å². The smallest absolute Gasteiger partial charge is 0.326 e. The lowest BCUT2D eigenvalue weighted by atomic mass is 10.1. The number of rotatable bonds is 5. The standard InChI is InChI=1S/C10H18N2O5/c1-6(2)8(9(14)15)11-10(16)12(3)5-7(13)17-4/h6,8H,5H2,1-4H3,(H,11,16)(H,14,15). The highest BCUT2D eigenvalue weighted by atomic mass is 16.5. The van der Waals surface area contributed by atoms with E-state index in [2.05, 4.69) is 10.1 Å². The summed E-state index contributed by atoms with van der Waals surface area (Å²) in [7, 11) is 2.59. The number of hydrogen-bond donors (Lipinski definition) is 2. The number of amides is 2. The molecule has 7 nitrogen and oxygen atoms in total. The summed E-state index contributed by atoms with van der Waals surface area (Å²) in [6.45, 7) is 3.13. The Hall–Kier alpha value is -1.79. The van der Waals surface area contributed by atoms with Gasteiger partial charge >= 0.3 is 18.0 Å². The van der Waals surface area contributed by atoms with Crippen LogP contribution < -0.4 is 5.32 Å². The minimum absolute atomic E-state index is 0.229. The highest BCUT2D eigenvalue weighted by molar-refractivity contribution is 5.85. The molecule has 0 fully saturated rings. The first-order valence-electron chi connectivity index (χ1n) is 5.10. The lowest BCUT2D eigenvalue weighted by Gasteiger charge is -2.22. The van der Waals surface area contributed by atoms with Crippen LogP contribution in [-0.2, 0) is 14.3 Å². The number of likely N-dealkylation sites (N-methyl/N-ethyl adjacent to an activating group) is 1. The van der Waals surface area contributed by atoms with Crippen molar-refractivity contribution in [2.24, 2.45) is 5.92 Å². The summed E-state index contributed by atoms with van der Waals surface area (Å²) in [5.41, 5.74) is 0. The van der Waals surface area contributed by atoms with Gasteiger partial charge in [-0.3, -0.25) is 4.79 Å². The highest BCUT2D eigenvalue weighted by Gasteiger charge is 2.25. The summed E-state index contributed by atoms with van der Waals surface area (Å²) in [4.78, 5) is 34.4. The molecular formula is C10H18N2O5. The molecule has 2 amide bonds. The van der Waals surface area contributed by atoms with Gasteiger partial charge in [-0.25, -0.2) is 9.59 Å². The Balaban J connectivity index is 4.41. The fourth-order valence-corrected chi connectivity index (χ4v) is 1.09. The van der Waals surface area contributed by atoms with E-state index in [0.717, 1.165) is 4.90 Å². The van der Waals surface area contributed by atoms with Gasteiger partial charge in [0.25, 0.3) is 0 Å². The number of methoxy groups -OCH3 is 1. The molecule has 17 heavy (non-hydrogen) atoms. The molecule has 0 rings (SSSR count). The third-order valence-corrected chi connectivity index (χ3v) is 2.15. The van der Waals surface area contributed by atoms with Gasteiger partial charge in [0.2, 0.25) is 0 Å². The molecule has 0 aromatic heterocycles. The quantitative estimate of drug-likeness (QED) is 0.661. The molecule has 0 aliphatic rings. The lowest BCUT2D eigenvalue weighted by Crippen LogP contribution is -2.50. The molecule has 7 heteroatoms. The molecule has 0 aromatic carbocycles. The van der Waals surface area contributed by atoms with Gasteiger partial charge in [-0.15, -0.1) is 0 Å². The average molecular weight is 246 g/mol. The largest absolute Gasteiger partial charge is 0.480 e. The predicted molar refractivity (Wildman–Crippen MR) is 59.4 cm³/mol. The van der Waals surface area contributed by atoms with Gasteiger partial charge in [-0.1, -0.05) is 13.8 Å². The number of hydrogen-bond acceptors (Lipinski definition) is 4. The monoisotopic (exact) mass is 246 g/mol. The Bertz CT molecular complexity index is 303. The number of carboxylic acids is 1. The Morgan fingerprint density at radius 2 is 1.88 bits per heavy atom. The van der Waals surface area contributed by atoms with E-state index in [4.69, 9.17) is 5.11 Å². The highest BCUT2D eigenvalue weighted by Crippen LogP contribution is 2.02. The summed E-state index contributed by atoms with van der Waals surface area (Å²) >= 11 is 0. The second kappa shape index (κ2) is 6.72. The first kappa shape index (κ1) is 15.2. The molecule has 0 saturated carbocycles. The second-order valence-corrected chi connectivity index (χ2v) is 3.94. The van der Waals surface area contributed by atoms with Crippen molar-refractivity contribution in [1.29, 1.82) is 0 Å². The van der Waals surface area contributed by atoms with Crippen LogP contribution in [0.2, 0.25) is 0 Å². The van der Waals surface area contributed by atoms with Gasteiger partial charge in [-0.2, -0.15) is 0 Å². The zero-order valence-electron chi connectivity index (χ0n) is 10.4. The average Bonchev–Trinajstić information content (AvgIpc) is 2.23. The molecule has 0 saturated heterocycles. The third kappa shape index (κ3) is 5.19. The second-order valence-electron chi connectivity index (χ2n) is 3.94. The van der Waals surface area contributed by atoms with E-state index in [0.29, 0.717) is 0 Å². The molecule has 2 N–H and O–H groups in total. The van der Waals surface area contributed by atoms with Gasteiger partial charge in [0.1, 0.15) is 12.6 Å². The molecular weight excluding hydrogens is 228 g/mol. The van der Waals surface area contributed by atoms with Crippen molar-refractivity contribution in [2.45, 2.75) is 19.9 Å². The third-order valence-electron chi connectivity index (χ3n) is 2.15. The van der Waals surface area contributed by atoms with Crippen LogP contribution in [0.5, 0.6) is 0 Å². The van der Waals surface area contributed by atoms with Gasteiger partial charge in [0, 0.05) is 7.05 Å². The number of nitrogens with one attached hydrogen (secondary N) is 1. The fourth-order valence-electron chi connectivity index (χ4n) is 1.09. The number of aliphatic carboxylic acids is 1. The van der Waals surface area contributed by atoms with Gasteiger partial charge in [0.15, 0.2) is 0 Å². The molecule has 0 aliphatic carbocycles. The number of carbonyl (C=O) groups excluding carboxylic acids is 2. The van der Waals surface area contributed by atoms with Crippen LogP contribution in [0.1, 0.15) is 13.8 Å². The van der Waals surface area contributed by atoms with Crippen molar-refractivity contribution in [1.82, 2.24) is 10.2 Å². The van der Waals surface area contributed by atoms with E-state index >= 15 is 0 Å². The number of carboxylic acid groups (broad SMARTS) is 1. The van der Waals surface area contributed by atoms with Crippen molar-refractivity contribution in [2.75, 3.05) is 20.7 Å². The molecule has 0 aliphatic heterocycles. The van der Waals surface area contributed by atoms with Crippen molar-refractivity contribution in [3.8, 4) is 0 Å². The number of urea groups is 1. The molecule has 0 spiro atoms. The fraction of sp³-hybridized carbons (Fsp3) is 0.700. The summed E-state index contributed by atoms with van der Waals surface area (Å²) in [5, 5.41) is 11.2. The molecule has 0 bridgehead atoms. The van der Waals surface area contributed by atoms with Gasteiger partial charge in [0.05, 0.1) is 7.11 Å². The summed E-state index contributed by atoms with van der Waals surface area (Å²) in [6.07, 6.45) is 0. The molecule has 0 radical (unpaired) electrons. The lowest BCUT2D eigenvalue weighted by molar-refractivity contribution is -0.141. The number of nitrogens with zero attached hydrogens (tertiary/aromatic N) is 1. The summed E-state index contributed by atoms with van der Waals surface area (Å²) in [5.74, 6) is -1.93. The van der Waals surface area contributed by atoms with Crippen LogP contribution in [0.25, 0.3) is 0 Å². The first-order chi connectivity index (χ1) is 7.79. The van der Waals surface area contributed by atoms with Crippen molar-refractivity contribution in [3.63, 3.8) is 0 Å². The molecule has 98 valence electrons. The number of carbonyl (C=O) groups is 3. The van der Waals surface area contributed by atoms with Crippen LogP contribution in [-0.4, -0.2) is 54.7 Å². The summed E-state index contributed by atoms with van der Waals surface area (Å²) in [6, 6.07) is -1.61. The number of esters is 1. The molecule has 1 unspecified atom stereocenters. The van der Waals surface area contributed by atoms with Crippen molar-refractivity contribution in [3.05, 3.63) is 0 Å². The Morgan fingerprint density at radius 3 is 2.24 bits per heavy atom. The maximum atomic E-state index is 11.6. The van der Waals surface area contributed by atoms with Crippen LogP contribution in [0.3, 0.4) is 0 Å². The van der Waals surface area contributed by atoms with E-state index in [9.17, 15) is 14.4 Å². The topological polar surface area (TPSA) is 95.9 Å². The van der Waals surface area contributed by atoms with Crippen LogP contribution >= 0.6 is 0 Å². The maximum Gasteiger partial charge on any atom is 0.326 e.